The molecule has 8 N–H and O–H groups in total. The number of hydrogen-bond acceptors (Lipinski definition) is 32. The number of nitrogens with zero attached hydrogens (tertiary/aromatic N) is 10. The average molecular weight is 1200 g/mol. The zero-order chi connectivity index (χ0) is 57.3. The minimum absolute atomic E-state index is 0.00339. The van der Waals surface area contributed by atoms with Gasteiger partial charge in [0.2, 0.25) is 11.7 Å². The Kier molecular flexibility index (Phi) is 16.7. The Morgan fingerprint density at radius 1 is 0.722 bits per heavy atom. The molecule has 0 saturated carbocycles. The second kappa shape index (κ2) is 22.4. The summed E-state index contributed by atoms with van der Waals surface area (Å²) in [5.74, 6) is -0.178. The lowest BCUT2D eigenvalue weighted by atomic mass is 10.1. The Hall–Kier alpha value is -4.95. The van der Waals surface area contributed by atoms with Gasteiger partial charge in [-0.15, -0.1) is 0 Å². The summed E-state index contributed by atoms with van der Waals surface area (Å²) < 4.78 is 120. The number of rotatable bonds is 22. The molecule has 79 heavy (non-hydrogen) atoms. The maximum atomic E-state index is 13.8. The fourth-order valence-electron chi connectivity index (χ4n) is 9.10. The van der Waals surface area contributed by atoms with Gasteiger partial charge in [0.15, 0.2) is 41.4 Å². The molecule has 9 rings (SSSR count). The number of imidazole rings is 3. The van der Waals surface area contributed by atoms with E-state index >= 15 is 0 Å². The molecular formula is C37H49N14O24P4-3. The number of aromatic amines is 2. The average Bonchev–Trinajstić information content (AvgIpc) is 4.40. The molecule has 42 heteroatoms. The Balaban J connectivity index is 0.882. The molecule has 7 unspecified atom stereocenters. The molecule has 6 aromatic rings. The van der Waals surface area contributed by atoms with Crippen LogP contribution in [0.4, 0.5) is 11.8 Å². The number of H-pyrrole nitrogens is 2. The summed E-state index contributed by atoms with van der Waals surface area (Å²) in [5.41, 5.74) is 10.3. The third-order valence-electron chi connectivity index (χ3n) is 12.3. The van der Waals surface area contributed by atoms with Crippen LogP contribution < -0.4 is 46.7 Å². The Morgan fingerprint density at radius 2 is 1.30 bits per heavy atom. The molecule has 0 radical (unpaired) electrons. The van der Waals surface area contributed by atoms with E-state index in [1.807, 2.05) is 0 Å². The first-order chi connectivity index (χ1) is 37.1. The minimum atomic E-state index is -6.56. The van der Waals surface area contributed by atoms with Crippen LogP contribution in [0.15, 0.2) is 34.9 Å². The van der Waals surface area contributed by atoms with E-state index in [0.717, 1.165) is 26.9 Å². The quantitative estimate of drug-likeness (QED) is 0.0276. The van der Waals surface area contributed by atoms with Gasteiger partial charge in [-0.2, -0.15) is 0 Å². The number of aryl methyl sites for hydroxylation is 2. The molecule has 0 amide bonds. The molecule has 3 saturated heterocycles. The maximum absolute atomic E-state index is 13.8. The molecule has 0 aromatic carbocycles. The second-order valence-electron chi connectivity index (χ2n) is 18.0. The summed E-state index contributed by atoms with van der Waals surface area (Å²) in [6, 6.07) is 0. The first kappa shape index (κ1) is 58.7. The Labute approximate surface area is 441 Å². The molecule has 16 atom stereocenters. The Morgan fingerprint density at radius 3 is 1.94 bits per heavy atom. The third-order valence-corrected chi connectivity index (χ3v) is 17.4. The van der Waals surface area contributed by atoms with Crippen molar-refractivity contribution in [2.24, 2.45) is 7.05 Å². The zero-order valence-corrected chi connectivity index (χ0v) is 45.3. The van der Waals surface area contributed by atoms with Crippen LogP contribution in [0, 0.1) is 6.92 Å². The molecular weight excluding hydrogens is 1150 g/mol. The number of hydrogen-bond donors (Lipinski definition) is 6. The van der Waals surface area contributed by atoms with Crippen LogP contribution in [0.25, 0.3) is 33.5 Å². The number of nitrogens with one attached hydrogen (secondary N) is 2. The van der Waals surface area contributed by atoms with E-state index < -0.39 is 142 Å². The third kappa shape index (κ3) is 12.2. The SMILES string of the molecule is COC1[C@@H](OP(=O)([O-])OC[C@H]2O[C@@H](n3cnc4c(=O)[nH]c(C)nc43)C(O)[C@H]2OC(C)C)[C@@H](COP(=O)([O-])OP(=O)([O-])OP(=O)([O-])OC[C@H]2O[C@@H]([n+]3cn(C)c4c(=O)[nH]c(N)nc43)C(O)[C@H]2OC)O[C@H]1n1cnc2c(N)ncnc21. The van der Waals surface area contributed by atoms with E-state index in [1.165, 1.54) is 44.9 Å². The molecule has 0 spiro atoms. The summed E-state index contributed by atoms with van der Waals surface area (Å²) in [4.78, 5) is 107. The van der Waals surface area contributed by atoms with Crippen molar-refractivity contribution in [1.82, 2.24) is 53.6 Å². The van der Waals surface area contributed by atoms with Gasteiger partial charge in [-0.25, -0.2) is 38.1 Å². The van der Waals surface area contributed by atoms with E-state index in [9.17, 15) is 57.6 Å². The Bertz CT molecular complexity index is 3560. The van der Waals surface area contributed by atoms with Crippen molar-refractivity contribution in [3.8, 4) is 0 Å². The number of aliphatic hydroxyl groups excluding tert-OH is 2. The van der Waals surface area contributed by atoms with E-state index in [-0.39, 0.29) is 51.1 Å². The summed E-state index contributed by atoms with van der Waals surface area (Å²) >= 11 is 0. The summed E-state index contributed by atoms with van der Waals surface area (Å²) in [5, 5.41) is 22.5. The maximum Gasteiger partial charge on any atom is 0.313 e. The van der Waals surface area contributed by atoms with E-state index in [2.05, 4.69) is 53.0 Å². The van der Waals surface area contributed by atoms with Gasteiger partial charge in [0.1, 0.15) is 72.6 Å². The minimum Gasteiger partial charge on any atom is -0.756 e. The molecule has 434 valence electrons. The van der Waals surface area contributed by atoms with Crippen molar-refractivity contribution in [3.63, 3.8) is 0 Å². The highest BCUT2D eigenvalue weighted by molar-refractivity contribution is 7.65. The van der Waals surface area contributed by atoms with Crippen LogP contribution >= 0.6 is 31.3 Å². The summed E-state index contributed by atoms with van der Waals surface area (Å²) in [7, 11) is -21.0. The van der Waals surface area contributed by atoms with Crippen LogP contribution in [0.5, 0.6) is 0 Å². The van der Waals surface area contributed by atoms with Gasteiger partial charge in [-0.1, -0.05) is 4.98 Å². The van der Waals surface area contributed by atoms with Crippen molar-refractivity contribution in [3.05, 3.63) is 51.8 Å². The van der Waals surface area contributed by atoms with Crippen molar-refractivity contribution < 1.29 is 108 Å². The standard InChI is InChI=1S/C37H52N14O24P4/c1-14(2)69-25-17(71-34(23(25)53)50-12-43-20-30(50)44-15(3)45-32(20)54)8-66-76(56,57)73-26-18(72-36(27(26)65-6)49-11-42-19-28(38)40-10-41-29(19)49)9-68-78(60,61)75-79(62,63)74-77(58,59)67-7-16-24(64-5)22(52)35(70-16)51-13-48(4)21-31(51)46-37(39)47-33(21)55/h10-14,16-18,22-27,34-36,52-53H,7-9H2,1-6H3,(H9-,38,39,40,41,44,45,46,47,54,55,56,57,58,59,60,61,62,63)/p-3/t16-,17-,18-,22?,23?,24+,25+,26+,27?,34-,35-,36-/m1/s1. The van der Waals surface area contributed by atoms with Crippen LogP contribution in [-0.2, 0) is 80.4 Å². The lowest BCUT2D eigenvalue weighted by Gasteiger charge is -2.35. The van der Waals surface area contributed by atoms with E-state index in [0.29, 0.717) is 0 Å². The molecule has 0 bridgehead atoms. The summed E-state index contributed by atoms with van der Waals surface area (Å²) in [6.45, 7) is 1.38. The number of aliphatic hydroxyl groups is 2. The van der Waals surface area contributed by atoms with Crippen LogP contribution in [0.2, 0.25) is 0 Å². The van der Waals surface area contributed by atoms with Gasteiger partial charge in [0.05, 0.1) is 45.6 Å². The van der Waals surface area contributed by atoms with Crippen molar-refractivity contribution in [2.45, 2.75) is 100 Å². The molecule has 9 heterocycles. The number of methoxy groups -OCH3 is 2. The normalized spacial score (nSPS) is 29.6. The van der Waals surface area contributed by atoms with Gasteiger partial charge in [0.25, 0.3) is 48.4 Å². The molecule has 3 fully saturated rings. The van der Waals surface area contributed by atoms with Crippen LogP contribution in [0.1, 0.15) is 38.4 Å². The first-order valence-electron chi connectivity index (χ1n) is 23.0. The molecule has 3 aliphatic heterocycles. The van der Waals surface area contributed by atoms with Crippen molar-refractivity contribution in [2.75, 3.05) is 45.5 Å². The van der Waals surface area contributed by atoms with Gasteiger partial charge < -0.3 is 92.8 Å². The summed E-state index contributed by atoms with van der Waals surface area (Å²) in [6.07, 6.45) is -14.4. The number of anilines is 2. The lowest BCUT2D eigenvalue weighted by molar-refractivity contribution is -0.745. The van der Waals surface area contributed by atoms with Gasteiger partial charge in [-0.3, -0.25) is 46.5 Å². The fourth-order valence-corrected chi connectivity index (χ4v) is 13.4. The highest BCUT2D eigenvalue weighted by atomic mass is 31.3. The second-order valence-corrected chi connectivity index (χ2v) is 23.8. The predicted molar refractivity (Wildman–Crippen MR) is 249 cm³/mol. The number of phosphoric acid groups is 4. The molecule has 0 aliphatic carbocycles. The lowest BCUT2D eigenvalue weighted by Crippen LogP contribution is -2.46. The monoisotopic (exact) mass is 1200 g/mol. The molecule has 6 aromatic heterocycles. The fraction of sp³-hybridized carbons (Fsp3) is 0.595. The van der Waals surface area contributed by atoms with E-state index in [4.69, 9.17) is 53.5 Å². The number of nitrogen functional groups attached to an aromatic ring is 2. The van der Waals surface area contributed by atoms with Gasteiger partial charge in [0, 0.05) is 14.2 Å². The molecule has 38 nitrogen and oxygen atoms in total. The van der Waals surface area contributed by atoms with Crippen LogP contribution in [-0.4, -0.2) is 159 Å². The van der Waals surface area contributed by atoms with Crippen molar-refractivity contribution >= 4 is 76.5 Å². The predicted octanol–water partition coefficient (Wildman–Crippen LogP) is -4.43. The first-order valence-corrected chi connectivity index (χ1v) is 28.9. The van der Waals surface area contributed by atoms with Gasteiger partial charge >= 0.3 is 5.65 Å². The number of nitrogens with two attached hydrogens (primary N) is 2. The van der Waals surface area contributed by atoms with Gasteiger partial charge in [-0.05, 0) is 20.8 Å². The number of ether oxygens (including phenoxy) is 6. The number of fused-ring (bicyclic) bond motifs is 3. The zero-order valence-electron chi connectivity index (χ0n) is 41.7. The highest BCUT2D eigenvalue weighted by Gasteiger charge is 2.52. The van der Waals surface area contributed by atoms with Crippen molar-refractivity contribution in [1.29, 1.82) is 0 Å². The molecule has 3 aliphatic rings. The van der Waals surface area contributed by atoms with E-state index in [1.54, 1.807) is 13.8 Å². The topological polar surface area (TPSA) is 526 Å². The highest BCUT2D eigenvalue weighted by Crippen LogP contribution is 2.63. The largest absolute Gasteiger partial charge is 0.756 e. The smallest absolute Gasteiger partial charge is 0.313 e. The van der Waals surface area contributed by atoms with Crippen LogP contribution in [0.3, 0.4) is 0 Å². The number of phosphoric ester groups is 3. The number of aromatic nitrogens is 12.